The highest BCUT2D eigenvalue weighted by Gasteiger charge is 2.43. The third-order valence-corrected chi connectivity index (χ3v) is 7.87. The Morgan fingerprint density at radius 1 is 1.14 bits per heavy atom. The molecule has 2 saturated carbocycles. The molecule has 0 saturated heterocycles. The maximum Gasteiger partial charge on any atom is 0.340 e. The van der Waals surface area contributed by atoms with Crippen LogP contribution in [0.4, 0.5) is 11.6 Å². The van der Waals surface area contributed by atoms with Gasteiger partial charge in [-0.15, -0.1) is 0 Å². The zero-order valence-corrected chi connectivity index (χ0v) is 20.6. The predicted molar refractivity (Wildman–Crippen MR) is 133 cm³/mol. The second-order valence-electron chi connectivity index (χ2n) is 10.9. The Labute approximate surface area is 204 Å². The van der Waals surface area contributed by atoms with Crippen LogP contribution in [0.3, 0.4) is 0 Å². The highest BCUT2D eigenvalue weighted by Crippen LogP contribution is 2.47. The van der Waals surface area contributed by atoms with Gasteiger partial charge >= 0.3 is 5.97 Å². The van der Waals surface area contributed by atoms with Gasteiger partial charge in [0, 0.05) is 23.9 Å². The summed E-state index contributed by atoms with van der Waals surface area (Å²) >= 11 is 0. The number of carbonyl (C=O) groups is 1. The van der Waals surface area contributed by atoms with Gasteiger partial charge in [0.05, 0.1) is 16.6 Å². The maximum atomic E-state index is 12.3. The summed E-state index contributed by atoms with van der Waals surface area (Å²) in [5.74, 6) is 1.99. The predicted octanol–water partition coefficient (Wildman–Crippen LogP) is 4.95. The van der Waals surface area contributed by atoms with Crippen LogP contribution in [0.2, 0.25) is 0 Å². The lowest BCUT2D eigenvalue weighted by Crippen LogP contribution is -2.35. The molecule has 6 rings (SSSR count). The number of cyclic esters (lactones) is 1. The van der Waals surface area contributed by atoms with E-state index in [1.165, 1.54) is 0 Å². The average Bonchev–Trinajstić information content (AvgIpc) is 3.74. The molecule has 0 amide bonds. The Bertz CT molecular complexity index is 1350. The molecule has 3 N–H and O–H groups in total. The lowest BCUT2D eigenvalue weighted by atomic mass is 9.86. The summed E-state index contributed by atoms with van der Waals surface area (Å²) in [6, 6.07) is 5.54. The van der Waals surface area contributed by atoms with Crippen molar-refractivity contribution in [3.05, 3.63) is 47.4 Å². The minimum atomic E-state index is -0.484. The van der Waals surface area contributed by atoms with E-state index in [-0.39, 0.29) is 23.6 Å². The molecule has 0 spiro atoms. The van der Waals surface area contributed by atoms with Crippen molar-refractivity contribution in [2.45, 2.75) is 76.5 Å². The van der Waals surface area contributed by atoms with Crippen molar-refractivity contribution in [1.82, 2.24) is 15.0 Å². The lowest BCUT2D eigenvalue weighted by Gasteiger charge is -2.28. The van der Waals surface area contributed by atoms with Crippen LogP contribution in [0, 0.1) is 5.92 Å². The summed E-state index contributed by atoms with van der Waals surface area (Å²) in [4.78, 5) is 26.3. The van der Waals surface area contributed by atoms with Crippen LogP contribution < -0.4 is 15.8 Å². The largest absolute Gasteiger partial charge is 0.471 e. The quantitative estimate of drug-likeness (QED) is 0.484. The van der Waals surface area contributed by atoms with E-state index in [4.69, 9.17) is 20.2 Å². The van der Waals surface area contributed by atoms with Crippen LogP contribution in [0.1, 0.15) is 80.9 Å². The van der Waals surface area contributed by atoms with Crippen LogP contribution >= 0.6 is 0 Å². The molecule has 2 aliphatic carbocycles. The monoisotopic (exact) mass is 473 g/mol. The molecule has 0 unspecified atom stereocenters. The van der Waals surface area contributed by atoms with Crippen LogP contribution in [0.25, 0.3) is 10.8 Å². The highest BCUT2D eigenvalue weighted by atomic mass is 16.5. The molecule has 182 valence electrons. The molecule has 4 heterocycles. The number of rotatable bonds is 6. The van der Waals surface area contributed by atoms with Crippen molar-refractivity contribution in [2.24, 2.45) is 11.7 Å². The molecular formula is C27H31N5O3. The van der Waals surface area contributed by atoms with Crippen molar-refractivity contribution >= 4 is 28.4 Å². The number of nitrogens with one attached hydrogen (secondary N) is 1. The molecule has 0 aromatic carbocycles. The van der Waals surface area contributed by atoms with Gasteiger partial charge in [0.1, 0.15) is 23.3 Å². The zero-order valence-electron chi connectivity index (χ0n) is 20.6. The van der Waals surface area contributed by atoms with Crippen molar-refractivity contribution in [2.75, 3.05) is 5.32 Å². The molecule has 3 atom stereocenters. The van der Waals surface area contributed by atoms with Crippen molar-refractivity contribution in [1.29, 1.82) is 0 Å². The standard InChI is InChI=1S/C27H31N5O3/c1-14-15(2)34-25(33)17-7-8-21(32-23(14)17)31-22-11-18-19(12-29-22)24(35-26(3)9-10-26)30-13-20(18)27(4,28)16-5-6-16/h7-8,11-16H,5-6,9-10,28H2,1-4H3,(H,29,31,32)/t14-,15+,27+/m0/s1. The molecule has 35 heavy (non-hydrogen) atoms. The van der Waals surface area contributed by atoms with E-state index in [0.717, 1.165) is 47.7 Å². The van der Waals surface area contributed by atoms with E-state index in [2.05, 4.69) is 29.1 Å². The molecule has 0 radical (unpaired) electrons. The SMILES string of the molecule is C[C@@H]1c2nc(Nc3cc4c([C@](C)(N)C5CC5)cnc(OC5(C)CC5)c4cn3)ccc2C(=O)O[C@@H]1C. The number of ether oxygens (including phenoxy) is 2. The fraction of sp³-hybridized carbons (Fsp3) is 0.481. The molecule has 3 aliphatic rings. The second kappa shape index (κ2) is 7.62. The van der Waals surface area contributed by atoms with Gasteiger partial charge in [-0.3, -0.25) is 0 Å². The van der Waals surface area contributed by atoms with Crippen LogP contribution in [-0.2, 0) is 10.3 Å². The summed E-state index contributed by atoms with van der Waals surface area (Å²) < 4.78 is 11.7. The number of hydrogen-bond acceptors (Lipinski definition) is 8. The smallest absolute Gasteiger partial charge is 0.340 e. The number of nitrogens with zero attached hydrogens (tertiary/aromatic N) is 3. The molecule has 8 nitrogen and oxygen atoms in total. The van der Waals surface area contributed by atoms with Crippen molar-refractivity contribution in [3.8, 4) is 5.88 Å². The topological polar surface area (TPSA) is 112 Å². The molecule has 3 aromatic rings. The van der Waals surface area contributed by atoms with Gasteiger partial charge in [0.25, 0.3) is 0 Å². The van der Waals surface area contributed by atoms with Gasteiger partial charge in [0.2, 0.25) is 5.88 Å². The van der Waals surface area contributed by atoms with E-state index in [1.807, 2.05) is 26.1 Å². The number of fused-ring (bicyclic) bond motifs is 2. The fourth-order valence-electron chi connectivity index (χ4n) is 4.86. The molecule has 3 aromatic heterocycles. The number of anilines is 2. The van der Waals surface area contributed by atoms with Gasteiger partial charge in [-0.25, -0.2) is 19.7 Å². The summed E-state index contributed by atoms with van der Waals surface area (Å²) in [6.07, 6.45) is 7.75. The van der Waals surface area contributed by atoms with Gasteiger partial charge in [-0.05, 0) is 81.5 Å². The number of nitrogens with two attached hydrogens (primary N) is 1. The van der Waals surface area contributed by atoms with Crippen molar-refractivity contribution in [3.63, 3.8) is 0 Å². The lowest BCUT2D eigenvalue weighted by molar-refractivity contribution is 0.0235. The second-order valence-corrected chi connectivity index (χ2v) is 10.9. The zero-order chi connectivity index (χ0) is 24.5. The summed E-state index contributed by atoms with van der Waals surface area (Å²) in [7, 11) is 0. The number of pyridine rings is 3. The van der Waals surface area contributed by atoms with Crippen molar-refractivity contribution < 1.29 is 14.3 Å². The summed E-state index contributed by atoms with van der Waals surface area (Å²) in [6.45, 7) is 8.10. The molecular weight excluding hydrogens is 442 g/mol. The molecule has 1 aliphatic heterocycles. The summed E-state index contributed by atoms with van der Waals surface area (Å²) in [5.41, 5.74) is 8.46. The van der Waals surface area contributed by atoms with Gasteiger partial charge < -0.3 is 20.5 Å². The van der Waals surface area contributed by atoms with E-state index >= 15 is 0 Å². The highest BCUT2D eigenvalue weighted by molar-refractivity contribution is 5.93. The van der Waals surface area contributed by atoms with Crippen LogP contribution in [0.15, 0.2) is 30.6 Å². The molecule has 8 heteroatoms. The fourth-order valence-corrected chi connectivity index (χ4v) is 4.86. The van der Waals surface area contributed by atoms with E-state index in [1.54, 1.807) is 18.3 Å². The van der Waals surface area contributed by atoms with Gasteiger partial charge in [0.15, 0.2) is 0 Å². The van der Waals surface area contributed by atoms with Gasteiger partial charge in [-0.2, -0.15) is 0 Å². The number of hydrogen-bond donors (Lipinski definition) is 2. The van der Waals surface area contributed by atoms with E-state index in [0.29, 0.717) is 29.0 Å². The first kappa shape index (κ1) is 22.2. The molecule has 2 fully saturated rings. The van der Waals surface area contributed by atoms with Crippen LogP contribution in [-0.4, -0.2) is 32.6 Å². The first-order valence-electron chi connectivity index (χ1n) is 12.4. The summed E-state index contributed by atoms with van der Waals surface area (Å²) in [5, 5.41) is 5.17. The first-order chi connectivity index (χ1) is 16.6. The van der Waals surface area contributed by atoms with E-state index in [9.17, 15) is 4.79 Å². The first-order valence-corrected chi connectivity index (χ1v) is 12.4. The Morgan fingerprint density at radius 2 is 1.91 bits per heavy atom. The number of carbonyl (C=O) groups excluding carboxylic acids is 1. The third-order valence-electron chi connectivity index (χ3n) is 7.87. The average molecular weight is 474 g/mol. The minimum Gasteiger partial charge on any atom is -0.471 e. The third kappa shape index (κ3) is 3.89. The normalized spacial score (nSPS) is 24.3. The Kier molecular flexibility index (Phi) is 4.84. The molecule has 0 bridgehead atoms. The Morgan fingerprint density at radius 3 is 2.63 bits per heavy atom. The number of aromatic nitrogens is 3. The van der Waals surface area contributed by atoms with Crippen LogP contribution in [0.5, 0.6) is 5.88 Å². The Balaban J connectivity index is 1.40. The van der Waals surface area contributed by atoms with E-state index < -0.39 is 5.54 Å². The minimum absolute atomic E-state index is 0.00618. The van der Waals surface area contributed by atoms with Gasteiger partial charge in [-0.1, -0.05) is 6.92 Å². The number of esters is 1. The Hall–Kier alpha value is -3.26. The maximum absolute atomic E-state index is 12.3.